The van der Waals surface area contributed by atoms with E-state index in [9.17, 15) is 14.7 Å². The van der Waals surface area contributed by atoms with Gasteiger partial charge in [-0.05, 0) is 56.4 Å². The number of aromatic nitrogens is 2. The van der Waals surface area contributed by atoms with Gasteiger partial charge in [-0.3, -0.25) is 4.79 Å². The number of carbonyl (C=O) groups excluding carboxylic acids is 2. The van der Waals surface area contributed by atoms with Gasteiger partial charge in [-0.2, -0.15) is 0 Å². The molecule has 3 N–H and O–H groups in total. The Balaban J connectivity index is 1.95. The average molecular weight is 492 g/mol. The molecule has 1 amide bonds. The van der Waals surface area contributed by atoms with Crippen molar-refractivity contribution in [3.63, 3.8) is 0 Å². The second-order valence-corrected chi connectivity index (χ2v) is 10.0. The molecule has 0 radical (unpaired) electrons. The SMILES string of the molecule is CCCc1nc(C(O)CCC)c(C(N)=O)n1Cc1ccc(-c2ccccc2C(=O)OC(C)(C)C)cc1. The van der Waals surface area contributed by atoms with Gasteiger partial charge in [0, 0.05) is 13.0 Å². The van der Waals surface area contributed by atoms with Crippen molar-refractivity contribution in [2.45, 2.75) is 78.6 Å². The molecule has 0 saturated carbocycles. The standard InChI is InChI=1S/C29H37N3O4/c1-6-10-23(33)25-26(27(30)34)32(24(31-25)11-7-2)18-19-14-16-20(17-15-19)21-12-8-9-13-22(21)28(35)36-29(3,4)5/h8-9,12-17,23,33H,6-7,10-11,18H2,1-5H3,(H2,30,34). The summed E-state index contributed by atoms with van der Waals surface area (Å²) < 4.78 is 7.41. The van der Waals surface area contributed by atoms with Crippen LogP contribution in [-0.2, 0) is 17.7 Å². The molecule has 1 heterocycles. The summed E-state index contributed by atoms with van der Waals surface area (Å²) in [6.45, 7) is 9.95. The fraction of sp³-hybridized carbons (Fsp3) is 0.414. The number of benzene rings is 2. The fourth-order valence-electron chi connectivity index (χ4n) is 4.22. The number of hydrogen-bond acceptors (Lipinski definition) is 5. The number of aryl methyl sites for hydroxylation is 1. The van der Waals surface area contributed by atoms with Gasteiger partial charge in [0.2, 0.25) is 0 Å². The molecule has 3 aromatic rings. The zero-order valence-electron chi connectivity index (χ0n) is 21.9. The van der Waals surface area contributed by atoms with E-state index in [1.54, 1.807) is 6.07 Å². The average Bonchev–Trinajstić information content (AvgIpc) is 3.17. The molecule has 0 fully saturated rings. The van der Waals surface area contributed by atoms with Crippen LogP contribution in [0.5, 0.6) is 0 Å². The lowest BCUT2D eigenvalue weighted by molar-refractivity contribution is 0.00703. The Morgan fingerprint density at radius 3 is 2.31 bits per heavy atom. The Labute approximate surface area is 213 Å². The number of amides is 1. The maximum atomic E-state index is 12.8. The van der Waals surface area contributed by atoms with E-state index in [1.165, 1.54) is 0 Å². The normalized spacial score (nSPS) is 12.4. The zero-order chi connectivity index (χ0) is 26.5. The van der Waals surface area contributed by atoms with Crippen LogP contribution in [0.4, 0.5) is 0 Å². The van der Waals surface area contributed by atoms with Crippen LogP contribution in [0.2, 0.25) is 0 Å². The molecule has 0 spiro atoms. The largest absolute Gasteiger partial charge is 0.456 e. The Hall–Kier alpha value is -3.45. The van der Waals surface area contributed by atoms with E-state index in [0.717, 1.165) is 35.4 Å². The predicted octanol–water partition coefficient (Wildman–Crippen LogP) is 5.44. The number of carbonyl (C=O) groups is 2. The number of aliphatic hydroxyl groups is 1. The van der Waals surface area contributed by atoms with Crippen LogP contribution in [0.15, 0.2) is 48.5 Å². The summed E-state index contributed by atoms with van der Waals surface area (Å²) in [6.07, 6.45) is 1.95. The number of rotatable bonds is 10. The predicted molar refractivity (Wildman–Crippen MR) is 141 cm³/mol. The van der Waals surface area contributed by atoms with Crippen LogP contribution < -0.4 is 5.73 Å². The maximum Gasteiger partial charge on any atom is 0.339 e. The number of imidazole rings is 1. The van der Waals surface area contributed by atoms with Gasteiger partial charge < -0.3 is 20.1 Å². The van der Waals surface area contributed by atoms with Crippen LogP contribution in [0.25, 0.3) is 11.1 Å². The fourth-order valence-corrected chi connectivity index (χ4v) is 4.22. The first kappa shape index (κ1) is 27.1. The van der Waals surface area contributed by atoms with Gasteiger partial charge >= 0.3 is 5.97 Å². The van der Waals surface area contributed by atoms with Gasteiger partial charge in [0.1, 0.15) is 22.8 Å². The lowest BCUT2D eigenvalue weighted by atomic mass is 9.98. The highest BCUT2D eigenvalue weighted by Gasteiger charge is 2.26. The molecule has 1 aromatic heterocycles. The van der Waals surface area contributed by atoms with E-state index < -0.39 is 17.6 Å². The van der Waals surface area contributed by atoms with Crippen molar-refractivity contribution in [3.05, 3.63) is 76.9 Å². The van der Waals surface area contributed by atoms with Crippen LogP contribution in [0, 0.1) is 0 Å². The maximum absolute atomic E-state index is 12.8. The third kappa shape index (κ3) is 6.40. The minimum Gasteiger partial charge on any atom is -0.456 e. The molecule has 1 atom stereocenters. The topological polar surface area (TPSA) is 107 Å². The van der Waals surface area contributed by atoms with Crippen molar-refractivity contribution in [2.75, 3.05) is 0 Å². The van der Waals surface area contributed by atoms with Gasteiger partial charge in [-0.1, -0.05) is 62.7 Å². The highest BCUT2D eigenvalue weighted by atomic mass is 16.6. The molecule has 0 saturated heterocycles. The molecule has 7 heteroatoms. The number of ether oxygens (including phenoxy) is 1. The first-order valence-corrected chi connectivity index (χ1v) is 12.5. The van der Waals surface area contributed by atoms with E-state index in [0.29, 0.717) is 30.6 Å². The van der Waals surface area contributed by atoms with Crippen molar-refractivity contribution >= 4 is 11.9 Å². The number of nitrogens with two attached hydrogens (primary N) is 1. The van der Waals surface area contributed by atoms with E-state index in [1.807, 2.05) is 81.7 Å². The third-order valence-electron chi connectivity index (χ3n) is 5.81. The minimum absolute atomic E-state index is 0.263. The van der Waals surface area contributed by atoms with E-state index in [4.69, 9.17) is 10.5 Å². The highest BCUT2D eigenvalue weighted by molar-refractivity contribution is 5.97. The number of primary amides is 1. The molecule has 7 nitrogen and oxygen atoms in total. The number of hydrogen-bond donors (Lipinski definition) is 2. The summed E-state index contributed by atoms with van der Waals surface area (Å²) in [7, 11) is 0. The summed E-state index contributed by atoms with van der Waals surface area (Å²) >= 11 is 0. The third-order valence-corrected chi connectivity index (χ3v) is 5.81. The number of esters is 1. The van der Waals surface area contributed by atoms with Crippen molar-refractivity contribution in [3.8, 4) is 11.1 Å². The van der Waals surface area contributed by atoms with Gasteiger partial charge in [0.05, 0.1) is 11.7 Å². The van der Waals surface area contributed by atoms with E-state index >= 15 is 0 Å². The van der Waals surface area contributed by atoms with Crippen LogP contribution in [0.1, 0.15) is 97.9 Å². The number of aliphatic hydroxyl groups excluding tert-OH is 1. The Morgan fingerprint density at radius 2 is 1.72 bits per heavy atom. The second kappa shape index (κ2) is 11.5. The Bertz CT molecular complexity index is 1210. The summed E-state index contributed by atoms with van der Waals surface area (Å²) in [5.41, 5.74) is 8.90. The highest BCUT2D eigenvalue weighted by Crippen LogP contribution is 2.28. The molecule has 36 heavy (non-hydrogen) atoms. The molecule has 2 aromatic carbocycles. The summed E-state index contributed by atoms with van der Waals surface area (Å²) in [5, 5.41) is 10.6. The monoisotopic (exact) mass is 491 g/mol. The van der Waals surface area contributed by atoms with Crippen LogP contribution in [0.3, 0.4) is 0 Å². The lowest BCUT2D eigenvalue weighted by Crippen LogP contribution is -2.24. The van der Waals surface area contributed by atoms with Gasteiger partial charge in [0.15, 0.2) is 0 Å². The van der Waals surface area contributed by atoms with Crippen LogP contribution >= 0.6 is 0 Å². The minimum atomic E-state index is -0.832. The molecule has 192 valence electrons. The summed E-state index contributed by atoms with van der Waals surface area (Å²) in [6, 6.07) is 15.2. The van der Waals surface area contributed by atoms with Crippen molar-refractivity contribution in [1.82, 2.24) is 9.55 Å². The second-order valence-electron chi connectivity index (χ2n) is 10.0. The molecular formula is C29H37N3O4. The van der Waals surface area contributed by atoms with Gasteiger partial charge in [-0.25, -0.2) is 9.78 Å². The van der Waals surface area contributed by atoms with E-state index in [2.05, 4.69) is 4.98 Å². The van der Waals surface area contributed by atoms with Gasteiger partial charge in [-0.15, -0.1) is 0 Å². The van der Waals surface area contributed by atoms with Crippen molar-refractivity contribution in [2.24, 2.45) is 5.73 Å². The smallest absolute Gasteiger partial charge is 0.339 e. The molecule has 0 aliphatic carbocycles. The summed E-state index contributed by atoms with van der Waals surface area (Å²) in [5.74, 6) is -0.234. The Morgan fingerprint density at radius 1 is 1.06 bits per heavy atom. The first-order valence-electron chi connectivity index (χ1n) is 12.5. The molecular weight excluding hydrogens is 454 g/mol. The number of nitrogens with zero attached hydrogens (tertiary/aromatic N) is 2. The van der Waals surface area contributed by atoms with Crippen molar-refractivity contribution < 1.29 is 19.4 Å². The Kier molecular flexibility index (Phi) is 8.69. The van der Waals surface area contributed by atoms with Gasteiger partial charge in [0.25, 0.3) is 5.91 Å². The molecule has 0 aliphatic heterocycles. The van der Waals surface area contributed by atoms with Crippen molar-refractivity contribution in [1.29, 1.82) is 0 Å². The first-order chi connectivity index (χ1) is 17.1. The summed E-state index contributed by atoms with van der Waals surface area (Å²) in [4.78, 5) is 29.8. The molecule has 3 rings (SSSR count). The van der Waals surface area contributed by atoms with E-state index in [-0.39, 0.29) is 11.7 Å². The quantitative estimate of drug-likeness (QED) is 0.367. The molecule has 0 aliphatic rings. The zero-order valence-corrected chi connectivity index (χ0v) is 21.9. The molecule has 0 bridgehead atoms. The van der Waals surface area contributed by atoms with Crippen LogP contribution in [-0.4, -0.2) is 32.1 Å². The molecule has 1 unspecified atom stereocenters. The lowest BCUT2D eigenvalue weighted by Gasteiger charge is -2.20.